The van der Waals surface area contributed by atoms with Crippen molar-refractivity contribution in [3.8, 4) is 0 Å². The van der Waals surface area contributed by atoms with E-state index in [1.54, 1.807) is 18.2 Å². The fourth-order valence-electron chi connectivity index (χ4n) is 4.68. The van der Waals surface area contributed by atoms with Crippen LogP contribution in [0.5, 0.6) is 0 Å². The van der Waals surface area contributed by atoms with Gasteiger partial charge >= 0.3 is 0 Å². The molecule has 1 N–H and O–H groups in total. The molecule has 2 aliphatic heterocycles. The average molecular weight is 471 g/mol. The molecule has 2 saturated heterocycles. The van der Waals surface area contributed by atoms with Gasteiger partial charge in [0.15, 0.2) is 0 Å². The molecule has 1 unspecified atom stereocenters. The van der Waals surface area contributed by atoms with Gasteiger partial charge in [0.2, 0.25) is 10.0 Å². The number of hydrogen-bond acceptors (Lipinski definition) is 5. The Hall–Kier alpha value is -2.42. The number of carbonyl (C=O) groups is 1. The molecule has 2 heterocycles. The summed E-state index contributed by atoms with van der Waals surface area (Å²) in [7, 11) is -0.610. The number of amides is 1. The second-order valence-electron chi connectivity index (χ2n) is 9.19. The van der Waals surface area contributed by atoms with E-state index in [0.717, 1.165) is 57.7 Å². The van der Waals surface area contributed by atoms with Gasteiger partial charge in [-0.05, 0) is 49.4 Å². The molecular formula is C25H34N4O3S. The van der Waals surface area contributed by atoms with E-state index in [1.165, 1.54) is 30.4 Å². The number of rotatable bonds is 7. The number of likely N-dealkylation sites (tertiary alicyclic amines) is 1. The molecule has 1 atom stereocenters. The lowest BCUT2D eigenvalue weighted by Gasteiger charge is -2.31. The zero-order chi connectivity index (χ0) is 23.4. The normalized spacial score (nSPS) is 19.7. The van der Waals surface area contributed by atoms with Gasteiger partial charge < -0.3 is 10.2 Å². The zero-order valence-corrected chi connectivity index (χ0v) is 20.4. The predicted octanol–water partition coefficient (Wildman–Crippen LogP) is 2.93. The van der Waals surface area contributed by atoms with Crippen LogP contribution in [0.4, 0.5) is 5.69 Å². The third-order valence-corrected chi connectivity index (χ3v) is 8.36. The molecule has 0 saturated carbocycles. The molecule has 4 rings (SSSR count). The first-order valence-electron chi connectivity index (χ1n) is 11.7. The van der Waals surface area contributed by atoms with Gasteiger partial charge in [0.05, 0.1) is 10.5 Å². The van der Waals surface area contributed by atoms with Crippen molar-refractivity contribution in [3.05, 3.63) is 59.7 Å². The highest BCUT2D eigenvalue weighted by atomic mass is 32.2. The van der Waals surface area contributed by atoms with Gasteiger partial charge in [-0.25, -0.2) is 12.7 Å². The van der Waals surface area contributed by atoms with Gasteiger partial charge in [0.25, 0.3) is 5.91 Å². The van der Waals surface area contributed by atoms with E-state index in [2.05, 4.69) is 27.2 Å². The molecule has 0 bridgehead atoms. The van der Waals surface area contributed by atoms with Crippen LogP contribution in [0.1, 0.15) is 41.6 Å². The Morgan fingerprint density at radius 3 is 2.45 bits per heavy atom. The Morgan fingerprint density at radius 2 is 1.76 bits per heavy atom. The Bertz CT molecular complexity index is 1070. The van der Waals surface area contributed by atoms with Crippen LogP contribution in [-0.2, 0) is 16.6 Å². The molecule has 2 aromatic rings. The Labute approximate surface area is 197 Å². The lowest BCUT2D eigenvalue weighted by Crippen LogP contribution is -2.38. The molecule has 0 spiro atoms. The lowest BCUT2D eigenvalue weighted by molar-refractivity contribution is 0.0938. The summed E-state index contributed by atoms with van der Waals surface area (Å²) in [6.45, 7) is 4.34. The number of carbonyl (C=O) groups excluding carboxylic acids is 1. The second kappa shape index (κ2) is 10.2. The van der Waals surface area contributed by atoms with Gasteiger partial charge in [-0.3, -0.25) is 9.69 Å². The van der Waals surface area contributed by atoms with Gasteiger partial charge in [-0.1, -0.05) is 30.3 Å². The van der Waals surface area contributed by atoms with E-state index in [9.17, 15) is 13.2 Å². The monoisotopic (exact) mass is 470 g/mol. The van der Waals surface area contributed by atoms with Crippen molar-refractivity contribution in [1.82, 2.24) is 14.5 Å². The quantitative estimate of drug-likeness (QED) is 0.674. The molecule has 2 aromatic carbocycles. The van der Waals surface area contributed by atoms with Crippen molar-refractivity contribution >= 4 is 21.6 Å². The summed E-state index contributed by atoms with van der Waals surface area (Å²) in [5.41, 5.74) is 2.53. The van der Waals surface area contributed by atoms with E-state index in [0.29, 0.717) is 5.56 Å². The summed E-state index contributed by atoms with van der Waals surface area (Å²) in [6, 6.07) is 15.3. The highest BCUT2D eigenvalue weighted by Crippen LogP contribution is 2.28. The minimum Gasteiger partial charge on any atom is -0.371 e. The molecular weight excluding hydrogens is 436 g/mol. The Kier molecular flexibility index (Phi) is 7.36. The highest BCUT2D eigenvalue weighted by Gasteiger charge is 2.28. The third kappa shape index (κ3) is 5.57. The minimum atomic E-state index is -3.62. The first-order chi connectivity index (χ1) is 15.8. The zero-order valence-electron chi connectivity index (χ0n) is 19.5. The molecule has 178 valence electrons. The van der Waals surface area contributed by atoms with E-state index in [4.69, 9.17) is 0 Å². The van der Waals surface area contributed by atoms with E-state index >= 15 is 0 Å². The van der Waals surface area contributed by atoms with E-state index in [1.807, 2.05) is 18.2 Å². The maximum absolute atomic E-state index is 13.4. The largest absolute Gasteiger partial charge is 0.371 e. The number of sulfonamides is 1. The number of benzene rings is 2. The smallest absolute Gasteiger partial charge is 0.253 e. The lowest BCUT2D eigenvalue weighted by atomic mass is 10.1. The standard InChI is InChI=1S/C25H34N4O3S/c1-27(2)33(31,32)22-11-12-24(29-14-7-4-8-15-29)23(17-22)25(30)26-21-13-16-28(19-21)18-20-9-5-3-6-10-20/h3,5-6,9-12,17,21H,4,7-8,13-16,18-19H2,1-2H3,(H,26,30). The van der Waals surface area contributed by atoms with Crippen LogP contribution in [-0.4, -0.2) is 69.8 Å². The number of anilines is 1. The van der Waals surface area contributed by atoms with Crippen LogP contribution in [0.3, 0.4) is 0 Å². The molecule has 0 aliphatic carbocycles. The van der Waals surface area contributed by atoms with Crippen LogP contribution < -0.4 is 10.2 Å². The Morgan fingerprint density at radius 1 is 1.03 bits per heavy atom. The topological polar surface area (TPSA) is 73.0 Å². The van der Waals surface area contributed by atoms with Gasteiger partial charge in [0, 0.05) is 58.5 Å². The maximum atomic E-state index is 13.4. The fraction of sp³-hybridized carbons (Fsp3) is 0.480. The maximum Gasteiger partial charge on any atom is 0.253 e. The molecule has 7 nitrogen and oxygen atoms in total. The predicted molar refractivity (Wildman–Crippen MR) is 131 cm³/mol. The van der Waals surface area contributed by atoms with Crippen molar-refractivity contribution in [2.45, 2.75) is 43.2 Å². The second-order valence-corrected chi connectivity index (χ2v) is 11.3. The summed E-state index contributed by atoms with van der Waals surface area (Å²) >= 11 is 0. The van der Waals surface area contributed by atoms with Crippen molar-refractivity contribution < 1.29 is 13.2 Å². The molecule has 33 heavy (non-hydrogen) atoms. The molecule has 8 heteroatoms. The SMILES string of the molecule is CN(C)S(=O)(=O)c1ccc(N2CCCCC2)c(C(=O)NC2CCN(Cc3ccccc3)C2)c1. The fourth-order valence-corrected chi connectivity index (χ4v) is 5.61. The molecule has 2 fully saturated rings. The summed E-state index contributed by atoms with van der Waals surface area (Å²) < 4.78 is 26.6. The van der Waals surface area contributed by atoms with Crippen LogP contribution in [0, 0.1) is 0 Å². The summed E-state index contributed by atoms with van der Waals surface area (Å²) in [5, 5.41) is 3.18. The average Bonchev–Trinajstić information content (AvgIpc) is 3.26. The molecule has 0 aromatic heterocycles. The number of nitrogens with zero attached hydrogens (tertiary/aromatic N) is 3. The molecule has 0 radical (unpaired) electrons. The van der Waals surface area contributed by atoms with Gasteiger partial charge in [-0.2, -0.15) is 0 Å². The highest BCUT2D eigenvalue weighted by molar-refractivity contribution is 7.89. The van der Waals surface area contributed by atoms with Crippen molar-refractivity contribution in [2.75, 3.05) is 45.2 Å². The number of piperidine rings is 1. The van der Waals surface area contributed by atoms with E-state index < -0.39 is 10.0 Å². The van der Waals surface area contributed by atoms with Crippen molar-refractivity contribution in [1.29, 1.82) is 0 Å². The third-order valence-electron chi connectivity index (χ3n) is 6.54. The minimum absolute atomic E-state index is 0.0459. The number of hydrogen-bond donors (Lipinski definition) is 1. The van der Waals surface area contributed by atoms with Crippen molar-refractivity contribution in [2.24, 2.45) is 0 Å². The van der Waals surface area contributed by atoms with Crippen LogP contribution in [0.25, 0.3) is 0 Å². The first-order valence-corrected chi connectivity index (χ1v) is 13.2. The molecule has 2 aliphatic rings. The van der Waals surface area contributed by atoms with Gasteiger partial charge in [-0.15, -0.1) is 0 Å². The summed E-state index contributed by atoms with van der Waals surface area (Å²) in [5.74, 6) is -0.196. The van der Waals surface area contributed by atoms with Crippen molar-refractivity contribution in [3.63, 3.8) is 0 Å². The summed E-state index contributed by atoms with van der Waals surface area (Å²) in [4.78, 5) is 18.1. The van der Waals surface area contributed by atoms with Crippen LogP contribution >= 0.6 is 0 Å². The number of nitrogens with one attached hydrogen (secondary N) is 1. The molecule has 1 amide bonds. The summed E-state index contributed by atoms with van der Waals surface area (Å²) in [6.07, 6.45) is 4.23. The Balaban J connectivity index is 1.52. The van der Waals surface area contributed by atoms with Crippen LogP contribution in [0.15, 0.2) is 53.4 Å². The van der Waals surface area contributed by atoms with Gasteiger partial charge in [0.1, 0.15) is 0 Å². The van der Waals surface area contributed by atoms with Crippen LogP contribution in [0.2, 0.25) is 0 Å². The van der Waals surface area contributed by atoms with E-state index in [-0.39, 0.29) is 16.8 Å². The first kappa shape index (κ1) is 23.7.